The maximum atomic E-state index is 5.83. The molecule has 0 unspecified atom stereocenters. The van der Waals surface area contributed by atoms with Crippen molar-refractivity contribution >= 4 is 29.9 Å². The Bertz CT molecular complexity index is 897. The number of hydrogen-bond acceptors (Lipinski definition) is 4. The Labute approximate surface area is 188 Å². The summed E-state index contributed by atoms with van der Waals surface area (Å²) in [6, 6.07) is 18.6. The van der Waals surface area contributed by atoms with E-state index in [2.05, 4.69) is 56.0 Å². The second kappa shape index (κ2) is 12.2. The number of guanidine groups is 1. The summed E-state index contributed by atoms with van der Waals surface area (Å²) in [5, 5.41) is 10.6. The molecule has 3 rings (SSSR count). The fraction of sp³-hybridized carbons (Fsp3) is 0.286. The zero-order chi connectivity index (χ0) is 19.6. The summed E-state index contributed by atoms with van der Waals surface area (Å²) < 4.78 is 7.56. The minimum Gasteiger partial charge on any atom is -0.372 e. The second-order valence-corrected chi connectivity index (χ2v) is 6.38. The van der Waals surface area contributed by atoms with E-state index in [9.17, 15) is 0 Å². The molecule has 3 aromatic rings. The van der Waals surface area contributed by atoms with Crippen LogP contribution in [0.5, 0.6) is 0 Å². The van der Waals surface area contributed by atoms with E-state index in [0.717, 1.165) is 11.4 Å². The highest BCUT2D eigenvalue weighted by Crippen LogP contribution is 2.09. The average Bonchev–Trinajstić information content (AvgIpc) is 3.14. The summed E-state index contributed by atoms with van der Waals surface area (Å²) in [5.74, 6) is 1.56. The molecule has 154 valence electrons. The van der Waals surface area contributed by atoms with Crippen molar-refractivity contribution in [2.75, 3.05) is 7.05 Å². The van der Waals surface area contributed by atoms with Gasteiger partial charge in [-0.25, -0.2) is 4.98 Å². The van der Waals surface area contributed by atoms with Crippen LogP contribution in [0.2, 0.25) is 0 Å². The monoisotopic (exact) mass is 506 g/mol. The molecule has 8 heteroatoms. The number of aryl methyl sites for hydroxylation is 1. The Hall–Kier alpha value is -2.46. The third kappa shape index (κ3) is 7.47. The third-order valence-electron chi connectivity index (χ3n) is 4.27. The molecule has 0 aliphatic heterocycles. The number of halogens is 1. The SMILES string of the molecule is CN=C(NCc1cccc(COCc2ccccc2)c1)NCc1ncnn1C.I. The van der Waals surface area contributed by atoms with E-state index >= 15 is 0 Å². The van der Waals surface area contributed by atoms with Crippen molar-refractivity contribution in [1.82, 2.24) is 25.4 Å². The average molecular weight is 506 g/mol. The Morgan fingerprint density at radius 2 is 1.66 bits per heavy atom. The molecular formula is C21H27IN6O. The van der Waals surface area contributed by atoms with Gasteiger partial charge in [0, 0.05) is 20.6 Å². The predicted octanol–water partition coefficient (Wildman–Crippen LogP) is 3.02. The maximum Gasteiger partial charge on any atom is 0.191 e. The van der Waals surface area contributed by atoms with E-state index in [-0.39, 0.29) is 24.0 Å². The summed E-state index contributed by atoms with van der Waals surface area (Å²) in [6.07, 6.45) is 1.54. The summed E-state index contributed by atoms with van der Waals surface area (Å²) in [4.78, 5) is 8.45. The van der Waals surface area contributed by atoms with Gasteiger partial charge in [0.25, 0.3) is 0 Å². The van der Waals surface area contributed by atoms with Gasteiger partial charge < -0.3 is 15.4 Å². The van der Waals surface area contributed by atoms with Crippen molar-refractivity contribution in [2.45, 2.75) is 26.3 Å². The first kappa shape index (κ1) is 22.8. The van der Waals surface area contributed by atoms with Gasteiger partial charge in [-0.1, -0.05) is 54.6 Å². The van der Waals surface area contributed by atoms with Crippen LogP contribution in [0.4, 0.5) is 0 Å². The highest BCUT2D eigenvalue weighted by atomic mass is 127. The van der Waals surface area contributed by atoms with Gasteiger partial charge in [0.05, 0.1) is 19.8 Å². The zero-order valence-corrected chi connectivity index (χ0v) is 19.0. The standard InChI is InChI=1S/C21H26N6O.HI/c1-22-21(24-13-20-25-16-26-27(20)2)23-12-18-9-6-10-19(11-18)15-28-14-17-7-4-3-5-8-17;/h3-11,16H,12-15H2,1-2H3,(H2,22,23,24);1H. The highest BCUT2D eigenvalue weighted by Gasteiger charge is 2.03. The fourth-order valence-corrected chi connectivity index (χ4v) is 2.74. The van der Waals surface area contributed by atoms with Gasteiger partial charge in [-0.15, -0.1) is 24.0 Å². The van der Waals surface area contributed by atoms with Gasteiger partial charge in [-0.05, 0) is 16.7 Å². The lowest BCUT2D eigenvalue weighted by molar-refractivity contribution is 0.107. The lowest BCUT2D eigenvalue weighted by Crippen LogP contribution is -2.36. The van der Waals surface area contributed by atoms with Gasteiger partial charge in [0.2, 0.25) is 0 Å². The van der Waals surface area contributed by atoms with Gasteiger partial charge >= 0.3 is 0 Å². The molecule has 2 aromatic carbocycles. The van der Waals surface area contributed by atoms with Crippen LogP contribution in [0, 0.1) is 0 Å². The summed E-state index contributed by atoms with van der Waals surface area (Å²) in [5.41, 5.74) is 3.50. The molecule has 1 heterocycles. The van der Waals surface area contributed by atoms with E-state index in [4.69, 9.17) is 4.74 Å². The van der Waals surface area contributed by atoms with Crippen LogP contribution in [0.25, 0.3) is 0 Å². The Morgan fingerprint density at radius 1 is 0.966 bits per heavy atom. The quantitative estimate of drug-likeness (QED) is 0.279. The summed E-state index contributed by atoms with van der Waals surface area (Å²) in [7, 11) is 3.62. The molecule has 0 radical (unpaired) electrons. The number of nitrogens with zero attached hydrogens (tertiary/aromatic N) is 4. The van der Waals surface area contributed by atoms with E-state index in [0.29, 0.717) is 32.3 Å². The minimum absolute atomic E-state index is 0. The van der Waals surface area contributed by atoms with E-state index in [1.807, 2.05) is 31.3 Å². The molecule has 2 N–H and O–H groups in total. The van der Waals surface area contributed by atoms with Crippen molar-refractivity contribution in [1.29, 1.82) is 0 Å². The fourth-order valence-electron chi connectivity index (χ4n) is 2.74. The maximum absolute atomic E-state index is 5.83. The van der Waals surface area contributed by atoms with Gasteiger partial charge in [-0.2, -0.15) is 5.10 Å². The van der Waals surface area contributed by atoms with Crippen molar-refractivity contribution in [3.8, 4) is 0 Å². The van der Waals surface area contributed by atoms with Crippen molar-refractivity contribution in [2.24, 2.45) is 12.0 Å². The molecule has 0 bridgehead atoms. The van der Waals surface area contributed by atoms with Crippen LogP contribution >= 0.6 is 24.0 Å². The highest BCUT2D eigenvalue weighted by molar-refractivity contribution is 14.0. The van der Waals surface area contributed by atoms with Crippen LogP contribution in [0.15, 0.2) is 65.9 Å². The van der Waals surface area contributed by atoms with Crippen LogP contribution in [-0.4, -0.2) is 27.8 Å². The van der Waals surface area contributed by atoms with Gasteiger partial charge in [0.1, 0.15) is 12.2 Å². The molecule has 0 amide bonds. The molecule has 29 heavy (non-hydrogen) atoms. The number of hydrogen-bond donors (Lipinski definition) is 2. The number of aliphatic imine (C=N–C) groups is 1. The Morgan fingerprint density at radius 3 is 2.38 bits per heavy atom. The third-order valence-corrected chi connectivity index (χ3v) is 4.27. The lowest BCUT2D eigenvalue weighted by Gasteiger charge is -2.12. The first-order valence-electron chi connectivity index (χ1n) is 9.21. The Balaban J connectivity index is 0.00000300. The first-order valence-corrected chi connectivity index (χ1v) is 9.21. The van der Waals surface area contributed by atoms with Crippen LogP contribution in [-0.2, 0) is 38.1 Å². The second-order valence-electron chi connectivity index (χ2n) is 6.38. The van der Waals surface area contributed by atoms with E-state index < -0.39 is 0 Å². The first-order chi connectivity index (χ1) is 13.7. The molecule has 1 aromatic heterocycles. The van der Waals surface area contributed by atoms with Crippen LogP contribution in [0.1, 0.15) is 22.5 Å². The van der Waals surface area contributed by atoms with Crippen molar-refractivity contribution in [3.05, 3.63) is 83.4 Å². The zero-order valence-electron chi connectivity index (χ0n) is 16.7. The van der Waals surface area contributed by atoms with E-state index in [1.54, 1.807) is 18.1 Å². The number of aromatic nitrogens is 3. The lowest BCUT2D eigenvalue weighted by atomic mass is 10.1. The van der Waals surface area contributed by atoms with Gasteiger partial charge in [0.15, 0.2) is 5.96 Å². The number of nitrogens with one attached hydrogen (secondary N) is 2. The molecular weight excluding hydrogens is 479 g/mol. The molecule has 0 saturated carbocycles. The van der Waals surface area contributed by atoms with E-state index in [1.165, 1.54) is 11.1 Å². The summed E-state index contributed by atoms with van der Waals surface area (Å²) >= 11 is 0. The van der Waals surface area contributed by atoms with Crippen molar-refractivity contribution in [3.63, 3.8) is 0 Å². The molecule has 0 aliphatic carbocycles. The van der Waals surface area contributed by atoms with Gasteiger partial charge in [-0.3, -0.25) is 9.67 Å². The predicted molar refractivity (Wildman–Crippen MR) is 125 cm³/mol. The normalized spacial score (nSPS) is 11.0. The smallest absolute Gasteiger partial charge is 0.191 e. The molecule has 0 atom stereocenters. The molecule has 7 nitrogen and oxygen atoms in total. The molecule has 0 aliphatic rings. The number of benzene rings is 2. The molecule has 0 spiro atoms. The molecule has 0 saturated heterocycles. The van der Waals surface area contributed by atoms with Crippen molar-refractivity contribution < 1.29 is 4.74 Å². The largest absolute Gasteiger partial charge is 0.372 e. The molecule has 0 fully saturated rings. The number of ether oxygens (including phenoxy) is 1. The minimum atomic E-state index is 0. The summed E-state index contributed by atoms with van der Waals surface area (Å²) in [6.45, 7) is 2.43. The van der Waals surface area contributed by atoms with Crippen LogP contribution < -0.4 is 10.6 Å². The van der Waals surface area contributed by atoms with Crippen LogP contribution in [0.3, 0.4) is 0 Å². The topological polar surface area (TPSA) is 76.4 Å². The number of rotatable bonds is 8. The Kier molecular flexibility index (Phi) is 9.58.